The van der Waals surface area contributed by atoms with Gasteiger partial charge in [0.1, 0.15) is 11.6 Å². The quantitative estimate of drug-likeness (QED) is 0.178. The minimum absolute atomic E-state index is 0.173. The lowest BCUT2D eigenvalue weighted by Crippen LogP contribution is -2.31. The molecule has 3 aromatic rings. The Labute approximate surface area is 190 Å². The number of nitrogens with two attached hydrogens (primary N) is 2. The van der Waals surface area contributed by atoms with E-state index in [1.807, 2.05) is 30.3 Å². The smallest absolute Gasteiger partial charge is 0.298 e. The number of halogens is 1. The number of aryl methyl sites for hydroxylation is 1. The second kappa shape index (κ2) is 9.71. The number of amidine groups is 1. The van der Waals surface area contributed by atoms with Gasteiger partial charge < -0.3 is 21.3 Å². The van der Waals surface area contributed by atoms with Crippen LogP contribution in [0.5, 0.6) is 5.75 Å². The highest BCUT2D eigenvalue weighted by Gasteiger charge is 2.23. The first-order valence-corrected chi connectivity index (χ1v) is 10.6. The number of aromatic nitrogens is 2. The van der Waals surface area contributed by atoms with Gasteiger partial charge >= 0.3 is 0 Å². The molecule has 0 atom stereocenters. The van der Waals surface area contributed by atoms with Crippen molar-refractivity contribution in [1.29, 1.82) is 0 Å². The van der Waals surface area contributed by atoms with Crippen LogP contribution in [0.15, 0.2) is 64.8 Å². The number of hydrogen-bond acceptors (Lipinski definition) is 7. The lowest BCUT2D eigenvalue weighted by molar-refractivity contribution is 0.303. The van der Waals surface area contributed by atoms with Crippen LogP contribution in [0.3, 0.4) is 0 Å². The summed E-state index contributed by atoms with van der Waals surface area (Å²) in [6.45, 7) is 0. The van der Waals surface area contributed by atoms with Gasteiger partial charge in [-0.2, -0.15) is 5.10 Å². The normalized spacial score (nSPS) is 13.6. The Morgan fingerprint density at radius 3 is 2.69 bits per heavy atom. The third kappa shape index (κ3) is 5.19. The van der Waals surface area contributed by atoms with E-state index in [1.54, 1.807) is 24.5 Å². The number of hydrazone groups is 1. The molecule has 6 N–H and O–H groups in total. The molecule has 0 bridgehead atoms. The standard InChI is InChI=1S/C22H24ClN7O2/c23-18-13-17(32-16-6-7-16)8-9-19(18)27-21-22(31)30(12-11-26-21)15-4-1-14(2-5-15)3-10-20(28-24)29-25/h1-2,4-5,8-9,11-13,16H,3,6-7,10,24-25H2,(H,26,27)(H,28,29). The summed E-state index contributed by atoms with van der Waals surface area (Å²) in [6.07, 6.45) is 6.90. The first-order chi connectivity index (χ1) is 15.6. The summed E-state index contributed by atoms with van der Waals surface area (Å²) in [5, 5.41) is 7.06. The van der Waals surface area contributed by atoms with E-state index in [0.29, 0.717) is 40.8 Å². The largest absolute Gasteiger partial charge is 0.490 e. The van der Waals surface area contributed by atoms with Crippen molar-refractivity contribution >= 4 is 28.9 Å². The molecule has 0 unspecified atom stereocenters. The molecule has 1 fully saturated rings. The molecule has 2 aromatic carbocycles. The van der Waals surface area contributed by atoms with Gasteiger partial charge in [-0.05, 0) is 49.1 Å². The molecular weight excluding hydrogens is 430 g/mol. The third-order valence-corrected chi connectivity index (χ3v) is 5.36. The summed E-state index contributed by atoms with van der Waals surface area (Å²) in [6, 6.07) is 13.0. The SMILES string of the molecule is N/N=C(/CCc1ccc(-n2ccnc(Nc3ccc(OC4CC4)cc3Cl)c2=O)cc1)NN. The van der Waals surface area contributed by atoms with Gasteiger partial charge in [-0.15, -0.1) is 0 Å². The van der Waals surface area contributed by atoms with Crippen LogP contribution < -0.4 is 32.7 Å². The zero-order valence-corrected chi connectivity index (χ0v) is 18.0. The molecule has 4 rings (SSSR count). The van der Waals surface area contributed by atoms with Gasteiger partial charge in [0, 0.05) is 30.6 Å². The van der Waals surface area contributed by atoms with Gasteiger partial charge in [-0.3, -0.25) is 9.36 Å². The number of hydrogen-bond donors (Lipinski definition) is 4. The Kier molecular flexibility index (Phi) is 6.58. The lowest BCUT2D eigenvalue weighted by atomic mass is 10.1. The Morgan fingerprint density at radius 1 is 1.25 bits per heavy atom. The summed E-state index contributed by atoms with van der Waals surface area (Å²) in [5.74, 6) is 12.0. The fourth-order valence-corrected chi connectivity index (χ4v) is 3.35. The van der Waals surface area contributed by atoms with Gasteiger partial charge in [0.25, 0.3) is 5.56 Å². The molecule has 1 saturated carbocycles. The van der Waals surface area contributed by atoms with Crippen molar-refractivity contribution in [2.45, 2.75) is 31.8 Å². The predicted octanol–water partition coefficient (Wildman–Crippen LogP) is 2.84. The average molecular weight is 454 g/mol. The Hall–Kier alpha value is -3.56. The van der Waals surface area contributed by atoms with Gasteiger partial charge in [0.2, 0.25) is 0 Å². The maximum absolute atomic E-state index is 13.0. The van der Waals surface area contributed by atoms with Crippen molar-refractivity contribution in [1.82, 2.24) is 15.0 Å². The molecule has 0 aliphatic heterocycles. The molecule has 1 aliphatic rings. The topological polar surface area (TPSA) is 133 Å². The number of anilines is 2. The number of hydrazine groups is 1. The lowest BCUT2D eigenvalue weighted by Gasteiger charge is -2.12. The molecule has 0 saturated heterocycles. The summed E-state index contributed by atoms with van der Waals surface area (Å²) in [7, 11) is 0. The number of nitrogens with one attached hydrogen (secondary N) is 2. The number of benzene rings is 2. The van der Waals surface area contributed by atoms with Gasteiger partial charge in [-0.1, -0.05) is 23.7 Å². The summed E-state index contributed by atoms with van der Waals surface area (Å²) >= 11 is 6.37. The maximum atomic E-state index is 13.0. The third-order valence-electron chi connectivity index (χ3n) is 5.05. The summed E-state index contributed by atoms with van der Waals surface area (Å²) < 4.78 is 7.27. The summed E-state index contributed by atoms with van der Waals surface area (Å²) in [5.41, 5.74) is 4.53. The predicted molar refractivity (Wildman–Crippen MR) is 125 cm³/mol. The second-order valence-corrected chi connectivity index (χ2v) is 7.83. The summed E-state index contributed by atoms with van der Waals surface area (Å²) in [4.78, 5) is 17.2. The highest BCUT2D eigenvalue weighted by Crippen LogP contribution is 2.32. The molecule has 1 heterocycles. The van der Waals surface area contributed by atoms with Crippen molar-refractivity contribution in [2.24, 2.45) is 16.8 Å². The van der Waals surface area contributed by atoms with E-state index in [2.05, 4.69) is 20.8 Å². The van der Waals surface area contributed by atoms with Crippen LogP contribution >= 0.6 is 11.6 Å². The zero-order chi connectivity index (χ0) is 22.5. The van der Waals surface area contributed by atoms with E-state index in [0.717, 1.165) is 18.4 Å². The van der Waals surface area contributed by atoms with Crippen LogP contribution in [0.2, 0.25) is 5.02 Å². The van der Waals surface area contributed by atoms with E-state index in [-0.39, 0.29) is 17.5 Å². The van der Waals surface area contributed by atoms with E-state index < -0.39 is 0 Å². The Bertz CT molecular complexity index is 1170. The second-order valence-electron chi connectivity index (χ2n) is 7.42. The number of nitrogens with zero attached hydrogens (tertiary/aromatic N) is 3. The minimum atomic E-state index is -0.292. The monoisotopic (exact) mass is 453 g/mol. The number of ether oxygens (including phenoxy) is 1. The van der Waals surface area contributed by atoms with Crippen LogP contribution in [0.4, 0.5) is 11.5 Å². The molecule has 32 heavy (non-hydrogen) atoms. The first kappa shape index (κ1) is 21.7. The van der Waals surface area contributed by atoms with Crippen LogP contribution in [0.1, 0.15) is 24.8 Å². The van der Waals surface area contributed by atoms with E-state index in [4.69, 9.17) is 28.0 Å². The molecule has 1 aliphatic carbocycles. The van der Waals surface area contributed by atoms with E-state index in [1.165, 1.54) is 4.57 Å². The molecular formula is C22H24ClN7O2. The fraction of sp³-hybridized carbons (Fsp3) is 0.227. The van der Waals surface area contributed by atoms with Gasteiger partial charge in [-0.25, -0.2) is 10.8 Å². The highest BCUT2D eigenvalue weighted by atomic mass is 35.5. The van der Waals surface area contributed by atoms with Crippen LogP contribution in [-0.4, -0.2) is 21.5 Å². The zero-order valence-electron chi connectivity index (χ0n) is 17.3. The van der Waals surface area contributed by atoms with Crippen molar-refractivity contribution in [2.75, 3.05) is 5.32 Å². The van der Waals surface area contributed by atoms with Crippen molar-refractivity contribution in [3.63, 3.8) is 0 Å². The fourth-order valence-electron chi connectivity index (χ4n) is 3.14. The average Bonchev–Trinajstić information content (AvgIpc) is 3.62. The molecule has 0 amide bonds. The first-order valence-electron chi connectivity index (χ1n) is 10.2. The Morgan fingerprint density at radius 2 is 2.03 bits per heavy atom. The highest BCUT2D eigenvalue weighted by molar-refractivity contribution is 6.33. The molecule has 166 valence electrons. The Balaban J connectivity index is 1.49. The molecule has 9 nitrogen and oxygen atoms in total. The maximum Gasteiger partial charge on any atom is 0.298 e. The van der Waals surface area contributed by atoms with Gasteiger partial charge in [0.05, 0.1) is 16.8 Å². The van der Waals surface area contributed by atoms with Crippen LogP contribution in [0.25, 0.3) is 5.69 Å². The van der Waals surface area contributed by atoms with Crippen LogP contribution in [0, 0.1) is 0 Å². The molecule has 0 radical (unpaired) electrons. The van der Waals surface area contributed by atoms with Crippen molar-refractivity contribution < 1.29 is 4.74 Å². The van der Waals surface area contributed by atoms with Crippen molar-refractivity contribution in [3.8, 4) is 11.4 Å². The number of rotatable bonds is 8. The molecule has 1 aromatic heterocycles. The van der Waals surface area contributed by atoms with Gasteiger partial charge in [0.15, 0.2) is 5.82 Å². The van der Waals surface area contributed by atoms with Crippen LogP contribution in [-0.2, 0) is 6.42 Å². The van der Waals surface area contributed by atoms with E-state index in [9.17, 15) is 4.79 Å². The van der Waals surface area contributed by atoms with E-state index >= 15 is 0 Å². The molecule has 0 spiro atoms. The van der Waals surface area contributed by atoms with Crippen molar-refractivity contribution in [3.05, 3.63) is 75.8 Å². The molecule has 10 heteroatoms. The minimum Gasteiger partial charge on any atom is -0.490 e.